The van der Waals surface area contributed by atoms with E-state index >= 15 is 0 Å². The topological polar surface area (TPSA) is 125 Å². The normalized spacial score (nSPS) is 12.0. The van der Waals surface area contributed by atoms with Gasteiger partial charge in [-0.25, -0.2) is 0 Å². The van der Waals surface area contributed by atoms with Gasteiger partial charge in [-0.2, -0.15) is 0 Å². The van der Waals surface area contributed by atoms with E-state index in [0.29, 0.717) is 11.3 Å². The van der Waals surface area contributed by atoms with Gasteiger partial charge < -0.3 is 33.6 Å². The average Bonchev–Trinajstić information content (AvgIpc) is 2.84. The minimum absolute atomic E-state index is 0.00539. The van der Waals surface area contributed by atoms with E-state index in [4.69, 9.17) is 23.4 Å². The quantitative estimate of drug-likeness (QED) is 0.307. The van der Waals surface area contributed by atoms with Gasteiger partial charge >= 0.3 is 5.97 Å². The summed E-state index contributed by atoms with van der Waals surface area (Å²) in [7, 11) is 1.54. The maximum absolute atomic E-state index is 13.7. The highest BCUT2D eigenvalue weighted by Crippen LogP contribution is 2.48. The summed E-state index contributed by atoms with van der Waals surface area (Å²) in [5.74, 6) is -1.12. The Balaban J connectivity index is 2.49. The van der Waals surface area contributed by atoms with E-state index in [1.54, 1.807) is 45.2 Å². The minimum Gasteiger partial charge on any atom is -0.504 e. The third kappa shape index (κ3) is 5.26. The lowest BCUT2D eigenvalue weighted by Crippen LogP contribution is -2.20. The molecule has 0 saturated heterocycles. The summed E-state index contributed by atoms with van der Waals surface area (Å²) in [6.45, 7) is 8.61. The van der Waals surface area contributed by atoms with Crippen LogP contribution in [0.2, 0.25) is 0 Å². The Hall–Kier alpha value is -3.72. The van der Waals surface area contributed by atoms with Crippen molar-refractivity contribution < 1.29 is 38.4 Å². The molecule has 9 heteroatoms. The Morgan fingerprint density at radius 3 is 2.17 bits per heavy atom. The van der Waals surface area contributed by atoms with Gasteiger partial charge in [0.05, 0.1) is 26.4 Å². The van der Waals surface area contributed by atoms with Crippen molar-refractivity contribution in [3.8, 4) is 40.1 Å². The van der Waals surface area contributed by atoms with E-state index in [9.17, 15) is 19.8 Å². The van der Waals surface area contributed by atoms with Crippen molar-refractivity contribution in [1.82, 2.24) is 0 Å². The summed E-state index contributed by atoms with van der Waals surface area (Å²) >= 11 is 0. The number of aromatic hydroxyl groups is 1. The van der Waals surface area contributed by atoms with Gasteiger partial charge in [0.15, 0.2) is 17.3 Å². The molecule has 3 aromatic rings. The van der Waals surface area contributed by atoms with E-state index in [0.717, 1.165) is 0 Å². The second kappa shape index (κ2) is 11.3. The molecule has 0 fully saturated rings. The number of phenolic OH excluding ortho intramolecular Hbond substituents is 1. The molecule has 0 amide bonds. The molecular formula is C27H32O9. The molecule has 3 rings (SSSR count). The molecule has 0 radical (unpaired) electrons. The lowest BCUT2D eigenvalue weighted by molar-refractivity contribution is -0.132. The van der Waals surface area contributed by atoms with Crippen molar-refractivity contribution in [3.63, 3.8) is 0 Å². The molecule has 0 aliphatic rings. The van der Waals surface area contributed by atoms with Gasteiger partial charge in [0.1, 0.15) is 16.7 Å². The summed E-state index contributed by atoms with van der Waals surface area (Å²) in [6, 6.07) is 6.85. The number of fused-ring (bicyclic) bond motifs is 1. The SMILES string of the molecule is CCOc1c(OC(C)=O)c(O)c2c(=O)c(OCC)c(-c3ccc(OC)cc3)oc2c1CC(O)C(C)C. The average molecular weight is 501 g/mol. The number of aliphatic hydroxyl groups excluding tert-OH is 1. The largest absolute Gasteiger partial charge is 0.504 e. The molecule has 1 unspecified atom stereocenters. The second-order valence-corrected chi connectivity index (χ2v) is 8.48. The molecule has 2 N–H and O–H groups in total. The highest BCUT2D eigenvalue weighted by Gasteiger charge is 2.31. The van der Waals surface area contributed by atoms with Gasteiger partial charge in [0.25, 0.3) is 0 Å². The molecule has 36 heavy (non-hydrogen) atoms. The molecule has 1 aromatic heterocycles. The number of phenols is 1. The Labute approximate surface area is 209 Å². The van der Waals surface area contributed by atoms with Crippen LogP contribution in [0.15, 0.2) is 33.5 Å². The third-order valence-electron chi connectivity index (χ3n) is 5.64. The molecule has 194 valence electrons. The van der Waals surface area contributed by atoms with Crippen molar-refractivity contribution in [3.05, 3.63) is 40.1 Å². The van der Waals surface area contributed by atoms with Crippen LogP contribution in [0.1, 0.15) is 40.2 Å². The zero-order valence-corrected chi connectivity index (χ0v) is 21.3. The number of carbonyl (C=O) groups is 1. The Bertz CT molecular complexity index is 1290. The number of carbonyl (C=O) groups excluding carboxylic acids is 1. The highest BCUT2D eigenvalue weighted by atomic mass is 16.6. The lowest BCUT2D eigenvalue weighted by atomic mass is 9.95. The predicted octanol–water partition coefficient (Wildman–Crippen LogP) is 4.46. The van der Waals surface area contributed by atoms with Crippen molar-refractivity contribution in [2.24, 2.45) is 5.92 Å². The summed E-state index contributed by atoms with van der Waals surface area (Å²) in [5.41, 5.74) is 0.177. The van der Waals surface area contributed by atoms with Gasteiger partial charge in [0, 0.05) is 24.5 Å². The van der Waals surface area contributed by atoms with E-state index in [1.807, 2.05) is 13.8 Å². The number of benzene rings is 2. The number of hydrogen-bond acceptors (Lipinski definition) is 9. The van der Waals surface area contributed by atoms with Crippen molar-refractivity contribution in [2.75, 3.05) is 20.3 Å². The van der Waals surface area contributed by atoms with Crippen molar-refractivity contribution in [2.45, 2.75) is 47.1 Å². The standard InChI is InChI=1S/C27H32O9/c1-7-33-25-18(13-19(29)14(3)4)24-20(22(31)27(25)35-15(5)28)21(30)26(34-8-2)23(36-24)16-9-11-17(32-6)12-10-16/h9-12,14,19,29,31H,7-8,13H2,1-6H3. The molecule has 0 aliphatic carbocycles. The maximum atomic E-state index is 13.7. The van der Waals surface area contributed by atoms with E-state index in [1.165, 1.54) is 6.92 Å². The molecule has 0 spiro atoms. The Morgan fingerprint density at radius 2 is 1.64 bits per heavy atom. The van der Waals surface area contributed by atoms with Gasteiger partial charge in [0.2, 0.25) is 16.9 Å². The number of esters is 1. The molecule has 2 aromatic carbocycles. The van der Waals surface area contributed by atoms with Crippen LogP contribution in [0.25, 0.3) is 22.3 Å². The predicted molar refractivity (Wildman–Crippen MR) is 134 cm³/mol. The molecule has 0 bridgehead atoms. The van der Waals surface area contributed by atoms with E-state index < -0.39 is 23.3 Å². The van der Waals surface area contributed by atoms with Crippen LogP contribution >= 0.6 is 0 Å². The molecule has 1 heterocycles. The monoisotopic (exact) mass is 500 g/mol. The van der Waals surface area contributed by atoms with Crippen LogP contribution in [0.5, 0.6) is 28.7 Å². The fourth-order valence-corrected chi connectivity index (χ4v) is 3.78. The first-order chi connectivity index (χ1) is 17.1. The first-order valence-electron chi connectivity index (χ1n) is 11.8. The zero-order chi connectivity index (χ0) is 26.6. The van der Waals surface area contributed by atoms with Crippen LogP contribution in [0.3, 0.4) is 0 Å². The van der Waals surface area contributed by atoms with Crippen LogP contribution in [-0.4, -0.2) is 42.6 Å². The third-order valence-corrected chi connectivity index (χ3v) is 5.64. The number of hydrogen-bond donors (Lipinski definition) is 2. The molecular weight excluding hydrogens is 468 g/mol. The van der Waals surface area contributed by atoms with Crippen LogP contribution in [0.4, 0.5) is 0 Å². The lowest BCUT2D eigenvalue weighted by Gasteiger charge is -2.22. The van der Waals surface area contributed by atoms with Gasteiger partial charge in [-0.15, -0.1) is 0 Å². The summed E-state index contributed by atoms with van der Waals surface area (Å²) in [4.78, 5) is 25.6. The Morgan fingerprint density at radius 1 is 1.03 bits per heavy atom. The van der Waals surface area contributed by atoms with Crippen LogP contribution in [-0.2, 0) is 11.2 Å². The molecule has 0 saturated carbocycles. The number of rotatable bonds is 10. The summed E-state index contributed by atoms with van der Waals surface area (Å²) in [5, 5.41) is 21.6. The highest BCUT2D eigenvalue weighted by molar-refractivity contribution is 5.95. The van der Waals surface area contributed by atoms with Gasteiger partial charge in [-0.05, 0) is 44.0 Å². The molecule has 1 atom stereocenters. The summed E-state index contributed by atoms with van der Waals surface area (Å²) < 4.78 is 28.2. The smallest absolute Gasteiger partial charge is 0.308 e. The van der Waals surface area contributed by atoms with Crippen LogP contribution < -0.4 is 24.4 Å². The molecule has 9 nitrogen and oxygen atoms in total. The number of ether oxygens (including phenoxy) is 4. The van der Waals surface area contributed by atoms with E-state index in [2.05, 4.69) is 0 Å². The van der Waals surface area contributed by atoms with Gasteiger partial charge in [-0.3, -0.25) is 9.59 Å². The fraction of sp³-hybridized carbons (Fsp3) is 0.407. The van der Waals surface area contributed by atoms with Crippen molar-refractivity contribution in [1.29, 1.82) is 0 Å². The zero-order valence-electron chi connectivity index (χ0n) is 21.3. The number of methoxy groups -OCH3 is 1. The summed E-state index contributed by atoms with van der Waals surface area (Å²) in [6.07, 6.45) is -0.833. The van der Waals surface area contributed by atoms with E-state index in [-0.39, 0.29) is 65.1 Å². The first-order valence-corrected chi connectivity index (χ1v) is 11.8. The second-order valence-electron chi connectivity index (χ2n) is 8.48. The number of aliphatic hydroxyl groups is 1. The fourth-order valence-electron chi connectivity index (χ4n) is 3.78. The molecule has 0 aliphatic heterocycles. The maximum Gasteiger partial charge on any atom is 0.308 e. The van der Waals surface area contributed by atoms with Crippen LogP contribution in [0, 0.1) is 5.92 Å². The van der Waals surface area contributed by atoms with Crippen molar-refractivity contribution >= 4 is 16.9 Å². The van der Waals surface area contributed by atoms with Gasteiger partial charge in [-0.1, -0.05) is 13.8 Å². The minimum atomic E-state index is -0.844. The Kier molecular flexibility index (Phi) is 8.47. The first kappa shape index (κ1) is 26.9.